The molecule has 4 nitrogen and oxygen atoms in total. The minimum absolute atomic E-state index is 0.305. The van der Waals surface area contributed by atoms with E-state index in [1.807, 2.05) is 49.4 Å². The van der Waals surface area contributed by atoms with Crippen LogP contribution in [0.3, 0.4) is 0 Å². The van der Waals surface area contributed by atoms with Gasteiger partial charge in [-0.3, -0.25) is 4.79 Å². The SMILES string of the molecule is COC(=O)c1ccccc1NC(=O)C=C(C)c1ccc(-c2ccccc2)cc1. The van der Waals surface area contributed by atoms with Crippen molar-refractivity contribution in [2.24, 2.45) is 0 Å². The zero-order valence-corrected chi connectivity index (χ0v) is 15.8. The van der Waals surface area contributed by atoms with Crippen LogP contribution in [-0.4, -0.2) is 19.0 Å². The fraction of sp³-hybridized carbons (Fsp3) is 0.0833. The number of esters is 1. The van der Waals surface area contributed by atoms with Crippen LogP contribution in [-0.2, 0) is 9.53 Å². The van der Waals surface area contributed by atoms with Gasteiger partial charge in [-0.25, -0.2) is 4.79 Å². The van der Waals surface area contributed by atoms with Gasteiger partial charge in [0.2, 0.25) is 5.91 Å². The van der Waals surface area contributed by atoms with Crippen LogP contribution in [0.1, 0.15) is 22.8 Å². The molecule has 0 atom stereocenters. The van der Waals surface area contributed by atoms with Crippen molar-refractivity contribution in [1.82, 2.24) is 0 Å². The second kappa shape index (κ2) is 8.82. The smallest absolute Gasteiger partial charge is 0.339 e. The molecule has 0 aliphatic rings. The number of rotatable bonds is 5. The first-order valence-corrected chi connectivity index (χ1v) is 8.91. The molecule has 0 aliphatic carbocycles. The molecule has 4 heteroatoms. The molecule has 0 aliphatic heterocycles. The summed E-state index contributed by atoms with van der Waals surface area (Å²) in [5.41, 5.74) is 4.78. The maximum atomic E-state index is 12.4. The maximum absolute atomic E-state index is 12.4. The van der Waals surface area contributed by atoms with Gasteiger partial charge in [-0.1, -0.05) is 66.7 Å². The number of carbonyl (C=O) groups excluding carboxylic acids is 2. The largest absolute Gasteiger partial charge is 0.465 e. The second-order valence-electron chi connectivity index (χ2n) is 6.30. The number of methoxy groups -OCH3 is 1. The van der Waals surface area contributed by atoms with Crippen LogP contribution in [0.5, 0.6) is 0 Å². The zero-order valence-electron chi connectivity index (χ0n) is 15.8. The first-order valence-electron chi connectivity index (χ1n) is 8.91. The van der Waals surface area contributed by atoms with Crippen LogP contribution in [0.15, 0.2) is 84.9 Å². The second-order valence-corrected chi connectivity index (χ2v) is 6.30. The van der Waals surface area contributed by atoms with Crippen molar-refractivity contribution in [2.75, 3.05) is 12.4 Å². The molecule has 3 aromatic rings. The van der Waals surface area contributed by atoms with E-state index in [0.29, 0.717) is 11.3 Å². The van der Waals surface area contributed by atoms with Crippen molar-refractivity contribution in [1.29, 1.82) is 0 Å². The van der Waals surface area contributed by atoms with Crippen molar-refractivity contribution in [3.05, 3.63) is 96.1 Å². The van der Waals surface area contributed by atoms with E-state index < -0.39 is 5.97 Å². The molecule has 0 bridgehead atoms. The van der Waals surface area contributed by atoms with Crippen LogP contribution in [0, 0.1) is 0 Å². The number of para-hydroxylation sites is 1. The van der Waals surface area contributed by atoms with Crippen LogP contribution in [0.4, 0.5) is 5.69 Å². The van der Waals surface area contributed by atoms with E-state index in [0.717, 1.165) is 22.3 Å². The molecule has 0 spiro atoms. The summed E-state index contributed by atoms with van der Waals surface area (Å²) < 4.78 is 4.75. The third-order valence-electron chi connectivity index (χ3n) is 4.39. The van der Waals surface area contributed by atoms with Crippen molar-refractivity contribution in [2.45, 2.75) is 6.92 Å². The Bertz CT molecular complexity index is 1010. The highest BCUT2D eigenvalue weighted by Crippen LogP contribution is 2.22. The Morgan fingerprint density at radius 2 is 1.43 bits per heavy atom. The van der Waals surface area contributed by atoms with Gasteiger partial charge >= 0.3 is 5.97 Å². The Morgan fingerprint density at radius 3 is 2.11 bits per heavy atom. The summed E-state index contributed by atoms with van der Waals surface area (Å²) in [6.45, 7) is 1.88. The Hall–Kier alpha value is -3.66. The van der Waals surface area contributed by atoms with E-state index in [1.54, 1.807) is 24.3 Å². The van der Waals surface area contributed by atoms with Crippen molar-refractivity contribution >= 4 is 23.1 Å². The molecule has 0 saturated carbocycles. The van der Waals surface area contributed by atoms with E-state index in [9.17, 15) is 9.59 Å². The third-order valence-corrected chi connectivity index (χ3v) is 4.39. The monoisotopic (exact) mass is 371 g/mol. The Labute approximate surface area is 164 Å². The summed E-state index contributed by atoms with van der Waals surface area (Å²) in [6, 6.07) is 24.9. The highest BCUT2D eigenvalue weighted by Gasteiger charge is 2.12. The van der Waals surface area contributed by atoms with Gasteiger partial charge < -0.3 is 10.1 Å². The molecule has 1 amide bonds. The number of hydrogen-bond donors (Lipinski definition) is 1. The molecular weight excluding hydrogens is 350 g/mol. The van der Waals surface area contributed by atoms with Crippen LogP contribution < -0.4 is 5.32 Å². The first kappa shape index (κ1) is 19.1. The maximum Gasteiger partial charge on any atom is 0.339 e. The van der Waals surface area contributed by atoms with Gasteiger partial charge in [0.05, 0.1) is 18.4 Å². The lowest BCUT2D eigenvalue weighted by Crippen LogP contribution is -2.13. The molecule has 0 radical (unpaired) electrons. The van der Waals surface area contributed by atoms with Gasteiger partial charge in [0, 0.05) is 6.08 Å². The summed E-state index contributed by atoms with van der Waals surface area (Å²) in [7, 11) is 1.31. The summed E-state index contributed by atoms with van der Waals surface area (Å²) in [4.78, 5) is 24.2. The van der Waals surface area contributed by atoms with E-state index >= 15 is 0 Å². The molecule has 1 N–H and O–H groups in total. The highest BCUT2D eigenvalue weighted by atomic mass is 16.5. The molecule has 28 heavy (non-hydrogen) atoms. The quantitative estimate of drug-likeness (QED) is 0.496. The molecule has 0 aromatic heterocycles. The highest BCUT2D eigenvalue weighted by molar-refractivity contribution is 6.07. The number of hydrogen-bond acceptors (Lipinski definition) is 3. The first-order chi connectivity index (χ1) is 13.6. The van der Waals surface area contributed by atoms with E-state index in [2.05, 4.69) is 17.4 Å². The number of allylic oxidation sites excluding steroid dienone is 1. The lowest BCUT2D eigenvalue weighted by molar-refractivity contribution is -0.111. The number of benzene rings is 3. The van der Waals surface area contributed by atoms with Crippen LogP contribution in [0.2, 0.25) is 0 Å². The van der Waals surface area contributed by atoms with E-state index in [4.69, 9.17) is 4.74 Å². The standard InChI is InChI=1S/C24H21NO3/c1-17(18-12-14-20(15-13-18)19-8-4-3-5-9-19)16-23(26)25-22-11-7-6-10-21(22)24(27)28-2/h3-16H,1-2H3,(H,25,26). The zero-order chi connectivity index (χ0) is 19.9. The molecular formula is C24H21NO3. The number of ether oxygens (including phenoxy) is 1. The number of carbonyl (C=O) groups is 2. The summed E-state index contributed by atoms with van der Waals surface area (Å²) in [5, 5.41) is 2.75. The number of anilines is 1. The number of nitrogens with one attached hydrogen (secondary N) is 1. The molecule has 3 aromatic carbocycles. The predicted octanol–water partition coefficient (Wildman–Crippen LogP) is 5.18. The molecule has 140 valence electrons. The summed E-state index contributed by atoms with van der Waals surface area (Å²) >= 11 is 0. The predicted molar refractivity (Wildman–Crippen MR) is 112 cm³/mol. The Kier molecular flexibility index (Phi) is 6.02. The Balaban J connectivity index is 1.75. The summed E-state index contributed by atoms with van der Waals surface area (Å²) in [5.74, 6) is -0.797. The van der Waals surface area contributed by atoms with Gasteiger partial charge in [0.25, 0.3) is 0 Å². The topological polar surface area (TPSA) is 55.4 Å². The lowest BCUT2D eigenvalue weighted by atomic mass is 10.0. The van der Waals surface area contributed by atoms with Crippen LogP contribution in [0.25, 0.3) is 16.7 Å². The van der Waals surface area contributed by atoms with Crippen molar-refractivity contribution in [3.8, 4) is 11.1 Å². The summed E-state index contributed by atoms with van der Waals surface area (Å²) in [6.07, 6.45) is 1.52. The normalized spacial score (nSPS) is 11.0. The fourth-order valence-electron chi connectivity index (χ4n) is 2.89. The molecule has 3 rings (SSSR count). The van der Waals surface area contributed by atoms with Gasteiger partial charge in [0.15, 0.2) is 0 Å². The molecule has 0 fully saturated rings. The fourth-order valence-corrected chi connectivity index (χ4v) is 2.89. The average Bonchev–Trinajstić information content (AvgIpc) is 2.74. The van der Waals surface area contributed by atoms with E-state index in [1.165, 1.54) is 13.2 Å². The minimum atomic E-state index is -0.492. The number of amides is 1. The van der Waals surface area contributed by atoms with Crippen LogP contribution >= 0.6 is 0 Å². The Morgan fingerprint density at radius 1 is 0.821 bits per heavy atom. The molecule has 0 saturated heterocycles. The van der Waals surface area contributed by atoms with Gasteiger partial charge in [-0.05, 0) is 41.3 Å². The molecule has 0 heterocycles. The lowest BCUT2D eigenvalue weighted by Gasteiger charge is -2.09. The van der Waals surface area contributed by atoms with Crippen molar-refractivity contribution < 1.29 is 14.3 Å². The van der Waals surface area contributed by atoms with E-state index in [-0.39, 0.29) is 5.91 Å². The van der Waals surface area contributed by atoms with Gasteiger partial charge in [-0.15, -0.1) is 0 Å². The average molecular weight is 371 g/mol. The minimum Gasteiger partial charge on any atom is -0.465 e. The third kappa shape index (κ3) is 4.54. The van der Waals surface area contributed by atoms with Gasteiger partial charge in [-0.2, -0.15) is 0 Å². The molecule has 0 unspecified atom stereocenters. The van der Waals surface area contributed by atoms with Crippen molar-refractivity contribution in [3.63, 3.8) is 0 Å². The van der Waals surface area contributed by atoms with Gasteiger partial charge in [0.1, 0.15) is 0 Å².